The van der Waals surface area contributed by atoms with Crippen molar-refractivity contribution in [3.8, 4) is 0 Å². The van der Waals surface area contributed by atoms with Crippen LogP contribution in [-0.4, -0.2) is 43.5 Å². The molecule has 0 aromatic carbocycles. The summed E-state index contributed by atoms with van der Waals surface area (Å²) in [6.07, 6.45) is 0.205. The third-order valence-corrected chi connectivity index (χ3v) is 6.51. The van der Waals surface area contributed by atoms with Crippen LogP contribution in [0.2, 0.25) is 0 Å². The summed E-state index contributed by atoms with van der Waals surface area (Å²) in [4.78, 5) is 41.5. The summed E-state index contributed by atoms with van der Waals surface area (Å²) in [6.45, 7) is 2.25. The van der Waals surface area contributed by atoms with E-state index in [0.29, 0.717) is 20.7 Å². The van der Waals surface area contributed by atoms with E-state index >= 15 is 0 Å². The van der Waals surface area contributed by atoms with E-state index in [1.165, 1.54) is 34.0 Å². The highest BCUT2D eigenvalue weighted by Gasteiger charge is 2.47. The molecule has 0 unspecified atom stereocenters. The van der Waals surface area contributed by atoms with Crippen LogP contribution in [0, 0.1) is 6.92 Å². The molecule has 1 saturated carbocycles. The van der Waals surface area contributed by atoms with Crippen LogP contribution < -0.4 is 16.9 Å². The number of thiophene rings is 1. The highest BCUT2D eigenvalue weighted by atomic mass is 32.1. The van der Waals surface area contributed by atoms with Gasteiger partial charge >= 0.3 is 11.4 Å². The molecule has 1 aliphatic carbocycles. The Morgan fingerprint density at radius 1 is 1.34 bits per heavy atom. The molecule has 0 atom stereocenters. The average molecular weight is 427 g/mol. The zero-order valence-electron chi connectivity index (χ0n) is 15.8. The second-order valence-corrected chi connectivity index (χ2v) is 8.19. The molecule has 0 aliphatic heterocycles. The first-order valence-electron chi connectivity index (χ1n) is 8.98. The number of rotatable bonds is 6. The quantitative estimate of drug-likeness (QED) is 0.634. The third-order valence-electron chi connectivity index (χ3n) is 5.21. The normalized spacial score (nSPS) is 16.4. The summed E-state index contributed by atoms with van der Waals surface area (Å²) in [6, 6.07) is -0.833. The molecule has 3 heterocycles. The number of hydrogen-bond donors (Lipinski definition) is 1. The van der Waals surface area contributed by atoms with Crippen LogP contribution in [0.1, 0.15) is 29.3 Å². The first kappa shape index (κ1) is 19.7. The van der Waals surface area contributed by atoms with Gasteiger partial charge in [-0.3, -0.25) is 18.9 Å². The zero-order chi connectivity index (χ0) is 20.9. The Labute approximate surface area is 166 Å². The van der Waals surface area contributed by atoms with E-state index in [4.69, 9.17) is 4.74 Å². The number of hydrogen-bond acceptors (Lipinski definition) is 6. The Morgan fingerprint density at radius 3 is 2.66 bits per heavy atom. The molecule has 9 nitrogen and oxygen atoms in total. The van der Waals surface area contributed by atoms with Crippen molar-refractivity contribution in [1.29, 1.82) is 0 Å². The molecule has 1 aliphatic rings. The van der Waals surface area contributed by atoms with E-state index in [1.807, 2.05) is 0 Å². The van der Waals surface area contributed by atoms with Crippen LogP contribution >= 0.6 is 11.3 Å². The number of fused-ring (bicyclic) bond motifs is 1. The van der Waals surface area contributed by atoms with Gasteiger partial charge in [0.25, 0.3) is 11.5 Å². The summed E-state index contributed by atoms with van der Waals surface area (Å²) in [5.74, 6) is -2.86. The Morgan fingerprint density at radius 2 is 2.07 bits per heavy atom. The fourth-order valence-corrected chi connectivity index (χ4v) is 4.90. The van der Waals surface area contributed by atoms with Gasteiger partial charge < -0.3 is 4.74 Å². The number of H-pyrrole nitrogens is 1. The van der Waals surface area contributed by atoms with Crippen LogP contribution in [0.4, 0.5) is 8.78 Å². The lowest BCUT2D eigenvalue weighted by atomic mass is 9.88. The minimum atomic E-state index is -2.86. The maximum absolute atomic E-state index is 13.4. The molecule has 29 heavy (non-hydrogen) atoms. The van der Waals surface area contributed by atoms with E-state index in [-0.39, 0.29) is 19.7 Å². The Bertz CT molecular complexity index is 1240. The summed E-state index contributed by atoms with van der Waals surface area (Å²) >= 11 is 1.21. The molecular formula is C17H19F2N5O4S. The molecule has 3 aromatic heterocycles. The lowest BCUT2D eigenvalue weighted by molar-refractivity contribution is -0.106. The van der Waals surface area contributed by atoms with Gasteiger partial charge in [0.15, 0.2) is 0 Å². The van der Waals surface area contributed by atoms with Crippen molar-refractivity contribution in [2.75, 3.05) is 13.7 Å². The van der Waals surface area contributed by atoms with Crippen LogP contribution in [0.25, 0.3) is 10.2 Å². The zero-order valence-corrected chi connectivity index (χ0v) is 16.6. The van der Waals surface area contributed by atoms with Crippen molar-refractivity contribution < 1.29 is 13.5 Å². The molecule has 3 aromatic rings. The predicted octanol–water partition coefficient (Wildman–Crippen LogP) is 1.08. The molecule has 1 fully saturated rings. The smallest absolute Gasteiger partial charge is 0.343 e. The van der Waals surface area contributed by atoms with Gasteiger partial charge in [-0.15, -0.1) is 11.3 Å². The first-order chi connectivity index (χ1) is 13.7. The van der Waals surface area contributed by atoms with Gasteiger partial charge in [0, 0.05) is 24.8 Å². The Hall–Kier alpha value is -2.60. The minimum absolute atomic E-state index is 0.132. The van der Waals surface area contributed by atoms with Gasteiger partial charge in [-0.1, -0.05) is 0 Å². The van der Waals surface area contributed by atoms with Gasteiger partial charge in [0.1, 0.15) is 11.2 Å². The largest absolute Gasteiger partial charge is 0.383 e. The second-order valence-electron chi connectivity index (χ2n) is 7.10. The molecule has 4 rings (SSSR count). The number of aryl methyl sites for hydroxylation is 1. The fourth-order valence-electron chi connectivity index (χ4n) is 3.60. The molecule has 0 saturated heterocycles. The van der Waals surface area contributed by atoms with Gasteiger partial charge in [-0.2, -0.15) is 5.10 Å². The summed E-state index contributed by atoms with van der Waals surface area (Å²) in [7, 11) is 1.49. The van der Waals surface area contributed by atoms with Crippen molar-refractivity contribution in [3.05, 3.63) is 48.1 Å². The van der Waals surface area contributed by atoms with E-state index in [2.05, 4.69) is 10.1 Å². The maximum atomic E-state index is 13.4. The SMILES string of the molecule is COCCn1c(=O)n(C2CC(F)(F)C2)c(=O)c2c(C)c(Cn3nc[nH]c3=O)sc21. The molecule has 0 amide bonds. The number of nitrogens with zero attached hydrogens (tertiary/aromatic N) is 4. The maximum Gasteiger partial charge on any atom is 0.343 e. The van der Waals surface area contributed by atoms with Crippen molar-refractivity contribution in [3.63, 3.8) is 0 Å². The van der Waals surface area contributed by atoms with Gasteiger partial charge in [0.05, 0.1) is 31.1 Å². The van der Waals surface area contributed by atoms with Crippen LogP contribution in [0.5, 0.6) is 0 Å². The predicted molar refractivity (Wildman–Crippen MR) is 102 cm³/mol. The van der Waals surface area contributed by atoms with E-state index in [9.17, 15) is 23.2 Å². The van der Waals surface area contributed by atoms with Crippen LogP contribution in [0.15, 0.2) is 20.7 Å². The number of halogens is 2. The number of methoxy groups -OCH3 is 1. The number of aromatic amines is 1. The molecule has 1 N–H and O–H groups in total. The number of ether oxygens (including phenoxy) is 1. The van der Waals surface area contributed by atoms with Crippen LogP contribution in [-0.2, 0) is 17.8 Å². The topological polar surface area (TPSA) is 104 Å². The summed E-state index contributed by atoms with van der Waals surface area (Å²) in [5.41, 5.74) is -0.984. The van der Waals surface area contributed by atoms with Crippen molar-refractivity contribution in [1.82, 2.24) is 23.9 Å². The average Bonchev–Trinajstić information content (AvgIpc) is 3.17. The minimum Gasteiger partial charge on any atom is -0.383 e. The molecular weight excluding hydrogens is 408 g/mol. The van der Waals surface area contributed by atoms with E-state index in [0.717, 1.165) is 4.57 Å². The second kappa shape index (κ2) is 7.02. The molecule has 0 radical (unpaired) electrons. The van der Waals surface area contributed by atoms with E-state index in [1.54, 1.807) is 6.92 Å². The lowest BCUT2D eigenvalue weighted by Crippen LogP contribution is -2.49. The van der Waals surface area contributed by atoms with Gasteiger partial charge in [0.2, 0.25) is 0 Å². The standard InChI is InChI=1S/C17H19F2N5O4S/c1-9-11(7-23-15(26)20-8-21-23)29-14-12(9)13(25)24(10-5-17(18,19)6-10)16(27)22(14)3-4-28-2/h8,10H,3-7H2,1-2H3,(H,20,21,26). The highest BCUT2D eigenvalue weighted by molar-refractivity contribution is 7.18. The van der Waals surface area contributed by atoms with E-state index < -0.39 is 41.7 Å². The number of aromatic nitrogens is 5. The number of alkyl halides is 2. The lowest BCUT2D eigenvalue weighted by Gasteiger charge is -2.35. The van der Waals surface area contributed by atoms with Gasteiger partial charge in [-0.05, 0) is 12.5 Å². The summed E-state index contributed by atoms with van der Waals surface area (Å²) in [5, 5.41) is 4.22. The Kier molecular flexibility index (Phi) is 4.77. The molecule has 0 spiro atoms. The molecule has 12 heteroatoms. The van der Waals surface area contributed by atoms with Crippen LogP contribution in [0.3, 0.4) is 0 Å². The highest BCUT2D eigenvalue weighted by Crippen LogP contribution is 2.44. The van der Waals surface area contributed by atoms with Gasteiger partial charge in [-0.25, -0.2) is 23.1 Å². The fraction of sp³-hybridized carbons (Fsp3) is 0.529. The first-order valence-corrected chi connectivity index (χ1v) is 9.79. The van der Waals surface area contributed by atoms with Crippen molar-refractivity contribution in [2.45, 2.75) is 44.8 Å². The molecule has 156 valence electrons. The Balaban J connectivity index is 1.91. The number of nitrogens with one attached hydrogen (secondary N) is 1. The van der Waals surface area contributed by atoms with Crippen molar-refractivity contribution in [2.24, 2.45) is 0 Å². The summed E-state index contributed by atoms with van der Waals surface area (Å²) < 4.78 is 35.4. The van der Waals surface area contributed by atoms with Crippen molar-refractivity contribution >= 4 is 21.6 Å². The monoisotopic (exact) mass is 427 g/mol. The molecule has 0 bridgehead atoms. The third kappa shape index (κ3) is 3.25.